The molecule has 0 fully saturated rings. The van der Waals surface area contributed by atoms with Gasteiger partial charge in [-0.05, 0) is 20.8 Å². The Morgan fingerprint density at radius 3 is 2.60 bits per heavy atom. The molecule has 7 nitrogen and oxygen atoms in total. The Kier molecular flexibility index (Phi) is 4.33. The van der Waals surface area contributed by atoms with E-state index in [1.807, 2.05) is 26.2 Å². The first-order valence-electron chi connectivity index (χ1n) is 6.27. The van der Waals surface area contributed by atoms with Crippen LogP contribution in [0, 0.1) is 0 Å². The maximum atomic E-state index is 5.09. The van der Waals surface area contributed by atoms with Crippen LogP contribution in [0.4, 0.5) is 11.9 Å². The van der Waals surface area contributed by atoms with E-state index in [4.69, 9.17) is 4.74 Å². The topological polar surface area (TPSA) is 84.9 Å². The van der Waals surface area contributed by atoms with E-state index in [0.29, 0.717) is 11.9 Å². The van der Waals surface area contributed by atoms with Gasteiger partial charge in [0.15, 0.2) is 0 Å². The molecule has 0 aliphatic rings. The number of anilines is 2. The van der Waals surface area contributed by atoms with Crippen LogP contribution in [-0.2, 0) is 5.54 Å². The van der Waals surface area contributed by atoms with E-state index in [0.717, 1.165) is 11.6 Å². The fraction of sp³-hybridized carbons (Fsp3) is 0.500. The van der Waals surface area contributed by atoms with Crippen LogP contribution in [0.5, 0.6) is 6.01 Å². The number of hydrogen-bond donors (Lipinski definition) is 2. The summed E-state index contributed by atoms with van der Waals surface area (Å²) in [5.74, 6) is 0.935. The summed E-state index contributed by atoms with van der Waals surface area (Å²) in [6.45, 7) is 6.75. The molecule has 0 saturated heterocycles. The molecule has 0 aliphatic carbocycles. The maximum Gasteiger partial charge on any atom is 0.322 e. The monoisotopic (exact) mass is 294 g/mol. The van der Waals surface area contributed by atoms with Gasteiger partial charge in [0.25, 0.3) is 0 Å². The Bertz CT molecular complexity index is 557. The molecule has 2 aromatic heterocycles. The van der Waals surface area contributed by atoms with Gasteiger partial charge in [-0.2, -0.15) is 15.0 Å². The fourth-order valence-corrected chi connectivity index (χ4v) is 2.32. The number of aromatic nitrogens is 4. The third-order valence-corrected chi connectivity index (χ3v) is 3.62. The number of hydrogen-bond acceptors (Lipinski definition) is 8. The lowest BCUT2D eigenvalue weighted by Crippen LogP contribution is -2.29. The third kappa shape index (κ3) is 3.32. The largest absolute Gasteiger partial charge is 0.467 e. The average Bonchev–Trinajstić information content (AvgIpc) is 2.93. The van der Waals surface area contributed by atoms with Crippen LogP contribution in [-0.4, -0.2) is 33.6 Å². The van der Waals surface area contributed by atoms with Crippen molar-refractivity contribution >= 4 is 23.2 Å². The van der Waals surface area contributed by atoms with Crippen LogP contribution in [0.1, 0.15) is 25.8 Å². The average molecular weight is 294 g/mol. The van der Waals surface area contributed by atoms with E-state index in [-0.39, 0.29) is 11.5 Å². The van der Waals surface area contributed by atoms with E-state index in [2.05, 4.69) is 30.6 Å². The summed E-state index contributed by atoms with van der Waals surface area (Å²) in [6, 6.07) is 0.272. The summed E-state index contributed by atoms with van der Waals surface area (Å²) in [7, 11) is 1.53. The van der Waals surface area contributed by atoms with Gasteiger partial charge < -0.3 is 15.4 Å². The normalized spacial score (nSPS) is 11.2. The van der Waals surface area contributed by atoms with Crippen molar-refractivity contribution in [3.8, 4) is 6.01 Å². The van der Waals surface area contributed by atoms with E-state index in [1.165, 1.54) is 7.11 Å². The number of methoxy groups -OCH3 is 1. The Balaban J connectivity index is 2.26. The zero-order chi connectivity index (χ0) is 14.6. The van der Waals surface area contributed by atoms with Crippen molar-refractivity contribution in [1.29, 1.82) is 0 Å². The highest BCUT2D eigenvalue weighted by atomic mass is 32.1. The van der Waals surface area contributed by atoms with E-state index >= 15 is 0 Å². The van der Waals surface area contributed by atoms with Crippen molar-refractivity contribution in [1.82, 2.24) is 19.9 Å². The molecule has 0 saturated carbocycles. The minimum Gasteiger partial charge on any atom is -0.467 e. The molecule has 0 aliphatic heterocycles. The van der Waals surface area contributed by atoms with Crippen molar-refractivity contribution in [3.63, 3.8) is 0 Å². The standard InChI is InChI=1S/C12H18N6OS/c1-5-13-9-15-10(17-11(16-9)19-4)18-12(2,3)8-14-6-7-20-8/h6-7H,5H2,1-4H3,(H2,13,15,16,17,18). The molecule has 2 N–H and O–H groups in total. The predicted octanol–water partition coefficient (Wildman–Crippen LogP) is 2.12. The first-order chi connectivity index (χ1) is 9.55. The maximum absolute atomic E-state index is 5.09. The lowest BCUT2D eigenvalue weighted by molar-refractivity contribution is 0.379. The van der Waals surface area contributed by atoms with Crippen LogP contribution < -0.4 is 15.4 Å². The van der Waals surface area contributed by atoms with Gasteiger partial charge in [-0.1, -0.05) is 0 Å². The highest BCUT2D eigenvalue weighted by Gasteiger charge is 2.24. The fourth-order valence-electron chi connectivity index (χ4n) is 1.61. The summed E-state index contributed by atoms with van der Waals surface area (Å²) >= 11 is 1.58. The number of thiazole rings is 1. The number of ether oxygens (including phenoxy) is 1. The second kappa shape index (κ2) is 6.00. The van der Waals surface area contributed by atoms with Gasteiger partial charge in [0, 0.05) is 18.1 Å². The van der Waals surface area contributed by atoms with Gasteiger partial charge in [0.2, 0.25) is 11.9 Å². The number of nitrogens with zero attached hydrogens (tertiary/aromatic N) is 4. The molecule has 0 spiro atoms. The highest BCUT2D eigenvalue weighted by Crippen LogP contribution is 2.26. The lowest BCUT2D eigenvalue weighted by Gasteiger charge is -2.23. The van der Waals surface area contributed by atoms with Crippen LogP contribution in [0.25, 0.3) is 0 Å². The zero-order valence-electron chi connectivity index (χ0n) is 12.0. The summed E-state index contributed by atoms with van der Waals surface area (Å²) in [5, 5.41) is 9.21. The molecule has 2 aromatic rings. The molecule has 108 valence electrons. The van der Waals surface area contributed by atoms with Crippen LogP contribution in [0.2, 0.25) is 0 Å². The molecule has 0 atom stereocenters. The molecule has 0 bridgehead atoms. The molecule has 0 unspecified atom stereocenters. The number of nitrogens with one attached hydrogen (secondary N) is 2. The SMILES string of the molecule is CCNc1nc(NC(C)(C)c2nccs2)nc(OC)n1. The Morgan fingerprint density at radius 1 is 1.25 bits per heavy atom. The van der Waals surface area contributed by atoms with Gasteiger partial charge >= 0.3 is 6.01 Å². The third-order valence-electron chi connectivity index (χ3n) is 2.52. The second-order valence-electron chi connectivity index (χ2n) is 4.59. The van der Waals surface area contributed by atoms with Crippen molar-refractivity contribution < 1.29 is 4.74 Å². The van der Waals surface area contributed by atoms with Crippen LogP contribution >= 0.6 is 11.3 Å². The summed E-state index contributed by atoms with van der Waals surface area (Å²) in [4.78, 5) is 17.0. The van der Waals surface area contributed by atoms with Crippen molar-refractivity contribution in [2.45, 2.75) is 26.3 Å². The summed E-state index contributed by atoms with van der Waals surface area (Å²) < 4.78 is 5.09. The molecule has 2 heterocycles. The Morgan fingerprint density at radius 2 is 2.00 bits per heavy atom. The van der Waals surface area contributed by atoms with Crippen molar-refractivity contribution in [2.24, 2.45) is 0 Å². The Hall–Kier alpha value is -1.96. The van der Waals surface area contributed by atoms with E-state index in [1.54, 1.807) is 17.5 Å². The molecular formula is C12H18N6OS. The molecule has 0 aromatic carbocycles. The molecule has 8 heteroatoms. The minimum atomic E-state index is -0.371. The molecule has 20 heavy (non-hydrogen) atoms. The smallest absolute Gasteiger partial charge is 0.322 e. The van der Waals surface area contributed by atoms with Gasteiger partial charge in [0.05, 0.1) is 12.6 Å². The quantitative estimate of drug-likeness (QED) is 0.844. The molecular weight excluding hydrogens is 276 g/mol. The van der Waals surface area contributed by atoms with E-state index in [9.17, 15) is 0 Å². The van der Waals surface area contributed by atoms with Crippen molar-refractivity contribution in [3.05, 3.63) is 16.6 Å². The summed E-state index contributed by atoms with van der Waals surface area (Å²) in [5.41, 5.74) is -0.371. The molecule has 0 amide bonds. The predicted molar refractivity (Wildman–Crippen MR) is 79.3 cm³/mol. The van der Waals surface area contributed by atoms with E-state index < -0.39 is 0 Å². The van der Waals surface area contributed by atoms with Gasteiger partial charge in [-0.3, -0.25) is 0 Å². The number of rotatable bonds is 6. The Labute approximate surface area is 121 Å². The van der Waals surface area contributed by atoms with Crippen molar-refractivity contribution in [2.75, 3.05) is 24.3 Å². The van der Waals surface area contributed by atoms with Crippen LogP contribution in [0.15, 0.2) is 11.6 Å². The van der Waals surface area contributed by atoms with Gasteiger partial charge in [-0.25, -0.2) is 4.98 Å². The molecule has 2 rings (SSSR count). The lowest BCUT2D eigenvalue weighted by atomic mass is 10.1. The first-order valence-corrected chi connectivity index (χ1v) is 7.15. The molecule has 0 radical (unpaired) electrons. The van der Waals surface area contributed by atoms with Gasteiger partial charge in [-0.15, -0.1) is 11.3 Å². The first kappa shape index (κ1) is 14.4. The summed E-state index contributed by atoms with van der Waals surface area (Å²) in [6.07, 6.45) is 1.78. The highest BCUT2D eigenvalue weighted by molar-refractivity contribution is 7.09. The van der Waals surface area contributed by atoms with Crippen LogP contribution in [0.3, 0.4) is 0 Å². The second-order valence-corrected chi connectivity index (χ2v) is 5.48. The zero-order valence-corrected chi connectivity index (χ0v) is 12.8. The minimum absolute atomic E-state index is 0.272. The van der Waals surface area contributed by atoms with Gasteiger partial charge in [0.1, 0.15) is 5.01 Å².